The largest absolute Gasteiger partial charge is 0.497 e. The van der Waals surface area contributed by atoms with E-state index >= 15 is 0 Å². The number of nitrogens with one attached hydrogen (secondary N) is 3. The van der Waals surface area contributed by atoms with Crippen LogP contribution in [0.4, 0.5) is 4.79 Å². The van der Waals surface area contributed by atoms with Gasteiger partial charge in [-0.3, -0.25) is 4.99 Å². The highest BCUT2D eigenvalue weighted by atomic mass is 16.6. The van der Waals surface area contributed by atoms with Crippen molar-refractivity contribution < 1.29 is 14.3 Å². The Hall–Kier alpha value is -2.44. The van der Waals surface area contributed by atoms with Crippen molar-refractivity contribution in [3.8, 4) is 5.75 Å². The van der Waals surface area contributed by atoms with Crippen LogP contribution in [-0.2, 0) is 11.2 Å². The summed E-state index contributed by atoms with van der Waals surface area (Å²) in [4.78, 5) is 15.7. The minimum Gasteiger partial charge on any atom is -0.497 e. The summed E-state index contributed by atoms with van der Waals surface area (Å²) in [6, 6.07) is 7.98. The maximum atomic E-state index is 11.5. The monoisotopic (exact) mass is 350 g/mol. The summed E-state index contributed by atoms with van der Waals surface area (Å²) in [6.45, 7) is 7.26. The highest BCUT2D eigenvalue weighted by Crippen LogP contribution is 2.11. The van der Waals surface area contributed by atoms with Gasteiger partial charge in [0.1, 0.15) is 11.4 Å². The molecule has 3 N–H and O–H groups in total. The van der Waals surface area contributed by atoms with Crippen LogP contribution in [0.1, 0.15) is 26.3 Å². The van der Waals surface area contributed by atoms with E-state index in [1.54, 1.807) is 14.2 Å². The fraction of sp³-hybridized carbons (Fsp3) is 0.556. The molecule has 0 aliphatic rings. The Morgan fingerprint density at radius 3 is 2.20 bits per heavy atom. The number of guanidine groups is 1. The first-order valence-electron chi connectivity index (χ1n) is 8.38. The number of alkyl carbamates (subject to hydrolysis) is 1. The smallest absolute Gasteiger partial charge is 0.407 e. The van der Waals surface area contributed by atoms with Gasteiger partial charge in [0.2, 0.25) is 0 Å². The van der Waals surface area contributed by atoms with Crippen LogP contribution in [0.2, 0.25) is 0 Å². The summed E-state index contributed by atoms with van der Waals surface area (Å²) in [5.41, 5.74) is 0.728. The molecule has 0 heterocycles. The van der Waals surface area contributed by atoms with E-state index in [0.717, 1.165) is 18.7 Å². The molecule has 1 aromatic rings. The van der Waals surface area contributed by atoms with Crippen LogP contribution < -0.4 is 20.7 Å². The minimum atomic E-state index is -0.490. The summed E-state index contributed by atoms with van der Waals surface area (Å²) >= 11 is 0. The molecule has 0 radical (unpaired) electrons. The van der Waals surface area contributed by atoms with Gasteiger partial charge in [-0.25, -0.2) is 4.79 Å². The molecule has 0 spiro atoms. The van der Waals surface area contributed by atoms with Crippen molar-refractivity contribution in [2.75, 3.05) is 33.8 Å². The fourth-order valence-electron chi connectivity index (χ4n) is 2.00. The van der Waals surface area contributed by atoms with Crippen molar-refractivity contribution in [2.45, 2.75) is 32.8 Å². The minimum absolute atomic E-state index is 0.420. The number of rotatable bonds is 7. The molecule has 0 unspecified atom stereocenters. The lowest BCUT2D eigenvalue weighted by molar-refractivity contribution is 0.0529. The average molecular weight is 350 g/mol. The van der Waals surface area contributed by atoms with Crippen LogP contribution in [0.3, 0.4) is 0 Å². The Morgan fingerprint density at radius 2 is 1.64 bits per heavy atom. The molecule has 7 nitrogen and oxygen atoms in total. The van der Waals surface area contributed by atoms with Gasteiger partial charge in [-0.1, -0.05) is 12.1 Å². The quantitative estimate of drug-likeness (QED) is 0.398. The zero-order chi connectivity index (χ0) is 18.7. The third-order valence-corrected chi connectivity index (χ3v) is 3.17. The molecule has 0 aliphatic heterocycles. The summed E-state index contributed by atoms with van der Waals surface area (Å²) < 4.78 is 10.3. The lowest BCUT2D eigenvalue weighted by atomic mass is 10.1. The molecule has 0 saturated carbocycles. The van der Waals surface area contributed by atoms with E-state index in [-0.39, 0.29) is 0 Å². The first kappa shape index (κ1) is 20.6. The van der Waals surface area contributed by atoms with Crippen LogP contribution in [0.5, 0.6) is 5.75 Å². The van der Waals surface area contributed by atoms with Crippen molar-refractivity contribution in [3.63, 3.8) is 0 Å². The molecular weight excluding hydrogens is 320 g/mol. The van der Waals surface area contributed by atoms with Crippen molar-refractivity contribution in [3.05, 3.63) is 29.8 Å². The molecule has 0 atom stereocenters. The third-order valence-electron chi connectivity index (χ3n) is 3.17. The lowest BCUT2D eigenvalue weighted by Crippen LogP contribution is -2.42. The molecule has 0 bridgehead atoms. The molecule has 0 fully saturated rings. The summed E-state index contributed by atoms with van der Waals surface area (Å²) in [6.07, 6.45) is 0.456. The Balaban J connectivity index is 2.20. The van der Waals surface area contributed by atoms with E-state index in [1.165, 1.54) is 5.56 Å². The van der Waals surface area contributed by atoms with Crippen LogP contribution in [0, 0.1) is 0 Å². The van der Waals surface area contributed by atoms with Crippen molar-refractivity contribution in [1.82, 2.24) is 16.0 Å². The van der Waals surface area contributed by atoms with Gasteiger partial charge >= 0.3 is 6.09 Å². The Labute approximate surface area is 150 Å². The zero-order valence-electron chi connectivity index (χ0n) is 15.8. The number of ether oxygens (including phenoxy) is 2. The molecule has 0 saturated heterocycles. The first-order valence-corrected chi connectivity index (χ1v) is 8.38. The normalized spacial score (nSPS) is 11.6. The van der Waals surface area contributed by atoms with Gasteiger partial charge in [0.25, 0.3) is 0 Å². The topological polar surface area (TPSA) is 84.0 Å². The SMILES string of the molecule is CN=C(NCCNC(=O)OC(C)(C)C)NCCc1ccc(OC)cc1. The first-order chi connectivity index (χ1) is 11.8. The third kappa shape index (κ3) is 9.44. The summed E-state index contributed by atoms with van der Waals surface area (Å²) in [5, 5.41) is 9.07. The van der Waals surface area contributed by atoms with Crippen molar-refractivity contribution >= 4 is 12.1 Å². The molecule has 1 aromatic carbocycles. The van der Waals surface area contributed by atoms with Gasteiger partial charge < -0.3 is 25.4 Å². The van der Waals surface area contributed by atoms with Gasteiger partial charge in [-0.05, 0) is 44.9 Å². The van der Waals surface area contributed by atoms with Crippen LogP contribution in [-0.4, -0.2) is 51.4 Å². The molecule has 25 heavy (non-hydrogen) atoms. The van der Waals surface area contributed by atoms with E-state index in [2.05, 4.69) is 20.9 Å². The summed E-state index contributed by atoms with van der Waals surface area (Å²) in [7, 11) is 3.37. The molecule has 0 aliphatic carbocycles. The lowest BCUT2D eigenvalue weighted by Gasteiger charge is -2.19. The molecular formula is C18H30N4O3. The predicted molar refractivity (Wildman–Crippen MR) is 100 cm³/mol. The molecule has 140 valence electrons. The Morgan fingerprint density at radius 1 is 1.04 bits per heavy atom. The van der Waals surface area contributed by atoms with E-state index in [9.17, 15) is 4.79 Å². The van der Waals surface area contributed by atoms with Gasteiger partial charge in [0.15, 0.2) is 5.96 Å². The van der Waals surface area contributed by atoms with Crippen LogP contribution in [0.25, 0.3) is 0 Å². The Bertz CT molecular complexity index is 550. The van der Waals surface area contributed by atoms with Crippen LogP contribution in [0.15, 0.2) is 29.3 Å². The second-order valence-electron chi connectivity index (χ2n) is 6.45. The van der Waals surface area contributed by atoms with E-state index < -0.39 is 11.7 Å². The number of methoxy groups -OCH3 is 1. The van der Waals surface area contributed by atoms with E-state index in [1.807, 2.05) is 45.0 Å². The summed E-state index contributed by atoms with van der Waals surface area (Å²) in [5.74, 6) is 1.55. The van der Waals surface area contributed by atoms with E-state index in [0.29, 0.717) is 19.0 Å². The number of carbonyl (C=O) groups is 1. The van der Waals surface area contributed by atoms with E-state index in [4.69, 9.17) is 9.47 Å². The molecule has 7 heteroatoms. The van der Waals surface area contributed by atoms with Crippen molar-refractivity contribution in [2.24, 2.45) is 4.99 Å². The Kier molecular flexibility index (Phi) is 8.60. The van der Waals surface area contributed by atoms with Gasteiger partial charge in [-0.15, -0.1) is 0 Å². The number of nitrogens with zero attached hydrogens (tertiary/aromatic N) is 1. The van der Waals surface area contributed by atoms with Gasteiger partial charge in [-0.2, -0.15) is 0 Å². The van der Waals surface area contributed by atoms with Crippen molar-refractivity contribution in [1.29, 1.82) is 0 Å². The highest BCUT2D eigenvalue weighted by Gasteiger charge is 2.15. The zero-order valence-corrected chi connectivity index (χ0v) is 15.8. The average Bonchev–Trinajstić information content (AvgIpc) is 2.56. The number of amides is 1. The predicted octanol–water partition coefficient (Wildman–Crippen LogP) is 1.93. The number of hydrogen-bond donors (Lipinski definition) is 3. The maximum Gasteiger partial charge on any atom is 0.407 e. The molecule has 0 aromatic heterocycles. The highest BCUT2D eigenvalue weighted by molar-refractivity contribution is 5.79. The fourth-order valence-corrected chi connectivity index (χ4v) is 2.00. The maximum absolute atomic E-state index is 11.5. The second-order valence-corrected chi connectivity index (χ2v) is 6.45. The molecule has 1 amide bonds. The standard InChI is InChI=1S/C18H30N4O3/c1-18(2,3)25-17(23)22-13-12-21-16(19-4)20-11-10-14-6-8-15(24-5)9-7-14/h6-9H,10-13H2,1-5H3,(H,22,23)(H2,19,20,21). The molecule has 1 rings (SSSR count). The number of aliphatic imine (C=N–C) groups is 1. The van der Waals surface area contributed by atoms with Crippen LogP contribution >= 0.6 is 0 Å². The van der Waals surface area contributed by atoms with Gasteiger partial charge in [0.05, 0.1) is 7.11 Å². The second kappa shape index (κ2) is 10.4. The number of benzene rings is 1. The van der Waals surface area contributed by atoms with Gasteiger partial charge in [0, 0.05) is 26.7 Å². The number of carbonyl (C=O) groups excluding carboxylic acids is 1. The number of hydrogen-bond acceptors (Lipinski definition) is 4.